The Labute approximate surface area is 389 Å². The molecular weight excluding hydrogens is 837 g/mol. The fourth-order valence-electron chi connectivity index (χ4n) is 8.68. The van der Waals surface area contributed by atoms with E-state index in [4.69, 9.17) is 15.2 Å². The van der Waals surface area contributed by atoms with Gasteiger partial charge in [-0.2, -0.15) is 0 Å². The summed E-state index contributed by atoms with van der Waals surface area (Å²) in [6.07, 6.45) is 4.52. The van der Waals surface area contributed by atoms with E-state index in [9.17, 15) is 24.0 Å². The van der Waals surface area contributed by atoms with Crippen molar-refractivity contribution in [3.63, 3.8) is 0 Å². The molecule has 15 heteroatoms. The number of ether oxygens (including phenoxy) is 2. The number of aryl methyl sites for hydroxylation is 2. The third kappa shape index (κ3) is 16.3. The van der Waals surface area contributed by atoms with Crippen molar-refractivity contribution >= 4 is 29.7 Å². The number of nitrogens with one attached hydrogen (secondary N) is 5. The van der Waals surface area contributed by atoms with Crippen LogP contribution in [0.3, 0.4) is 0 Å². The van der Waals surface area contributed by atoms with Gasteiger partial charge in [-0.05, 0) is 73.6 Å². The molecule has 15 nitrogen and oxygen atoms in total. The number of amides is 5. The molecule has 3 aromatic carbocycles. The first-order valence-electron chi connectivity index (χ1n) is 23.3. The Bertz CT molecular complexity index is 2130. The number of aromatic nitrogens is 2. The van der Waals surface area contributed by atoms with Crippen LogP contribution in [0.4, 0.5) is 4.79 Å². The number of imidazole rings is 1. The number of carbonyl (C=O) groups is 5. The first-order chi connectivity index (χ1) is 31.6. The second-order valence-corrected chi connectivity index (χ2v) is 18.3. The van der Waals surface area contributed by atoms with Crippen LogP contribution in [-0.4, -0.2) is 101 Å². The first kappa shape index (κ1) is 50.8. The molecule has 5 rings (SSSR count). The van der Waals surface area contributed by atoms with E-state index in [0.29, 0.717) is 44.5 Å². The standard InChI is InChI=1S/C51H70N8O7/c1-33(2)23-40(56-45(60)27-39(52)26-42-30-53-32-55-42)29-47(62)66-44(43(25-38-19-11-8-12-20-38)58-46(61)31-65-49-35(5)15-13-16-36(49)6)28-41(24-37-17-9-7-10-18-37)57-50(63)48(34(3)4)59-22-14-21-54-51(59)64/h7-13,15-20,30,32-34,39-41,43-44,48H,14,21-29,31,52H2,1-6H3,(H,53,55)(H,54,64)(H,56,60)(H,57,63)(H,58,61). The van der Waals surface area contributed by atoms with Gasteiger partial charge in [0.05, 0.1) is 18.8 Å². The second-order valence-electron chi connectivity index (χ2n) is 18.3. The van der Waals surface area contributed by atoms with Crippen molar-refractivity contribution in [1.29, 1.82) is 0 Å². The van der Waals surface area contributed by atoms with Crippen molar-refractivity contribution in [2.45, 2.75) is 129 Å². The van der Waals surface area contributed by atoms with E-state index < -0.39 is 48.2 Å². The van der Waals surface area contributed by atoms with Gasteiger partial charge >= 0.3 is 12.0 Å². The summed E-state index contributed by atoms with van der Waals surface area (Å²) in [5.74, 6) is -1.09. The van der Waals surface area contributed by atoms with Gasteiger partial charge in [0.1, 0.15) is 17.9 Å². The largest absolute Gasteiger partial charge is 0.483 e. The van der Waals surface area contributed by atoms with Crippen LogP contribution in [0.5, 0.6) is 5.75 Å². The number of nitrogens with two attached hydrogens (primary N) is 1. The Hall–Kier alpha value is -6.22. The lowest BCUT2D eigenvalue weighted by molar-refractivity contribution is -0.153. The van der Waals surface area contributed by atoms with E-state index in [0.717, 1.165) is 27.9 Å². The molecule has 0 radical (unpaired) electrons. The number of hydrogen-bond acceptors (Lipinski definition) is 9. The van der Waals surface area contributed by atoms with Gasteiger partial charge in [-0.3, -0.25) is 19.2 Å². The van der Waals surface area contributed by atoms with E-state index in [2.05, 4.69) is 31.2 Å². The number of urea groups is 1. The second kappa shape index (κ2) is 25.5. The van der Waals surface area contributed by atoms with Crippen LogP contribution in [0.15, 0.2) is 91.4 Å². The van der Waals surface area contributed by atoms with Gasteiger partial charge in [-0.1, -0.05) is 107 Å². The van der Waals surface area contributed by atoms with Gasteiger partial charge < -0.3 is 46.4 Å². The smallest absolute Gasteiger partial charge is 0.318 e. The van der Waals surface area contributed by atoms with Crippen molar-refractivity contribution in [3.8, 4) is 5.75 Å². The maximum absolute atomic E-state index is 14.5. The number of H-pyrrole nitrogens is 1. The molecule has 1 saturated heterocycles. The average Bonchev–Trinajstić information content (AvgIpc) is 3.77. The number of carbonyl (C=O) groups excluding carboxylic acids is 5. The molecule has 0 spiro atoms. The van der Waals surface area contributed by atoms with Gasteiger partial charge in [-0.25, -0.2) is 9.78 Å². The van der Waals surface area contributed by atoms with E-state index in [-0.39, 0.29) is 62.0 Å². The summed E-state index contributed by atoms with van der Waals surface area (Å²) in [5, 5.41) is 12.3. The highest BCUT2D eigenvalue weighted by Crippen LogP contribution is 2.24. The highest BCUT2D eigenvalue weighted by atomic mass is 16.5. The summed E-state index contributed by atoms with van der Waals surface area (Å²) in [5.41, 5.74) is 10.7. The van der Waals surface area contributed by atoms with Crippen LogP contribution in [0.2, 0.25) is 0 Å². The van der Waals surface area contributed by atoms with Crippen LogP contribution >= 0.6 is 0 Å². The molecule has 5 amide bonds. The summed E-state index contributed by atoms with van der Waals surface area (Å²) in [6.45, 7) is 12.4. The van der Waals surface area contributed by atoms with Gasteiger partial charge in [0, 0.05) is 62.4 Å². The quantitative estimate of drug-likeness (QED) is 0.0465. The van der Waals surface area contributed by atoms with Crippen molar-refractivity contribution < 1.29 is 33.4 Å². The van der Waals surface area contributed by atoms with Gasteiger partial charge in [0.2, 0.25) is 11.8 Å². The fraction of sp³-hybridized carbons (Fsp3) is 0.490. The van der Waals surface area contributed by atoms with Crippen LogP contribution in [0.1, 0.15) is 87.7 Å². The summed E-state index contributed by atoms with van der Waals surface area (Å²) < 4.78 is 12.6. The molecule has 1 fully saturated rings. The zero-order valence-electron chi connectivity index (χ0n) is 39.4. The molecule has 66 heavy (non-hydrogen) atoms. The molecular formula is C51H70N8O7. The summed E-state index contributed by atoms with van der Waals surface area (Å²) in [4.78, 5) is 78.0. The Morgan fingerprint density at radius 3 is 2.06 bits per heavy atom. The summed E-state index contributed by atoms with van der Waals surface area (Å²) in [6, 6.07) is 21.5. The highest BCUT2D eigenvalue weighted by molar-refractivity contribution is 5.88. The third-order valence-corrected chi connectivity index (χ3v) is 11.7. The minimum atomic E-state index is -0.982. The minimum Gasteiger partial charge on any atom is -0.483 e. The number of rotatable bonds is 25. The molecule has 4 aromatic rings. The minimum absolute atomic E-state index is 0.0396. The molecule has 1 aliphatic heterocycles. The highest BCUT2D eigenvalue weighted by Gasteiger charge is 2.37. The molecule has 0 aliphatic carbocycles. The molecule has 0 saturated carbocycles. The van der Waals surface area contributed by atoms with E-state index >= 15 is 0 Å². The van der Waals surface area contributed by atoms with Crippen molar-refractivity contribution in [2.24, 2.45) is 17.6 Å². The number of aromatic amines is 1. The number of para-hydroxylation sites is 1. The van der Waals surface area contributed by atoms with Crippen molar-refractivity contribution in [2.75, 3.05) is 19.7 Å². The lowest BCUT2D eigenvalue weighted by Crippen LogP contribution is -2.59. The zero-order chi connectivity index (χ0) is 47.6. The molecule has 0 bridgehead atoms. The SMILES string of the molecule is Cc1cccc(C)c1OCC(=O)NC(Cc1ccccc1)C(CC(Cc1ccccc1)NC(=O)C(C(C)C)N1CCCNC1=O)OC(=O)CC(CC(C)C)NC(=O)CC(N)Cc1cnc[nH]1. The van der Waals surface area contributed by atoms with Crippen LogP contribution in [-0.2, 0) is 43.2 Å². The molecule has 356 valence electrons. The zero-order valence-corrected chi connectivity index (χ0v) is 39.4. The van der Waals surface area contributed by atoms with Crippen molar-refractivity contribution in [3.05, 3.63) is 119 Å². The van der Waals surface area contributed by atoms with Gasteiger partial charge in [0.15, 0.2) is 6.61 Å². The van der Waals surface area contributed by atoms with Crippen LogP contribution < -0.4 is 31.7 Å². The molecule has 6 unspecified atom stereocenters. The monoisotopic (exact) mass is 907 g/mol. The number of benzene rings is 3. The lowest BCUT2D eigenvalue weighted by Gasteiger charge is -2.37. The predicted octanol–water partition coefficient (Wildman–Crippen LogP) is 5.48. The van der Waals surface area contributed by atoms with Crippen LogP contribution in [0, 0.1) is 25.7 Å². The summed E-state index contributed by atoms with van der Waals surface area (Å²) >= 11 is 0. The molecule has 1 aliphatic rings. The molecule has 7 N–H and O–H groups in total. The van der Waals surface area contributed by atoms with Crippen LogP contribution in [0.25, 0.3) is 0 Å². The average molecular weight is 907 g/mol. The predicted molar refractivity (Wildman–Crippen MR) is 254 cm³/mol. The maximum Gasteiger partial charge on any atom is 0.318 e. The Kier molecular flexibility index (Phi) is 19.6. The molecule has 6 atom stereocenters. The van der Waals surface area contributed by atoms with E-state index in [1.54, 1.807) is 17.4 Å². The fourth-order valence-corrected chi connectivity index (χ4v) is 8.68. The van der Waals surface area contributed by atoms with E-state index in [1.807, 2.05) is 120 Å². The lowest BCUT2D eigenvalue weighted by atomic mass is 9.92. The topological polar surface area (TPSA) is 210 Å². The number of hydrogen-bond donors (Lipinski definition) is 6. The Balaban J connectivity index is 1.46. The Morgan fingerprint density at radius 1 is 0.788 bits per heavy atom. The molecule has 1 aromatic heterocycles. The third-order valence-electron chi connectivity index (χ3n) is 11.7. The first-order valence-corrected chi connectivity index (χ1v) is 23.3. The number of nitrogens with zero attached hydrogens (tertiary/aromatic N) is 2. The van der Waals surface area contributed by atoms with E-state index in [1.165, 1.54) is 0 Å². The summed E-state index contributed by atoms with van der Waals surface area (Å²) in [7, 11) is 0. The van der Waals surface area contributed by atoms with Crippen molar-refractivity contribution in [1.82, 2.24) is 36.1 Å². The van der Waals surface area contributed by atoms with Gasteiger partial charge in [0.25, 0.3) is 5.91 Å². The number of esters is 1. The molecule has 2 heterocycles. The van der Waals surface area contributed by atoms with Gasteiger partial charge in [-0.15, -0.1) is 0 Å². The Morgan fingerprint density at radius 2 is 1.45 bits per heavy atom. The maximum atomic E-state index is 14.5. The normalized spacial score (nSPS) is 15.5.